The molecule has 3 heteroatoms. The maximum atomic E-state index is 11.5. The van der Waals surface area contributed by atoms with Crippen molar-refractivity contribution in [2.24, 2.45) is 0 Å². The maximum absolute atomic E-state index is 11.5. The fraction of sp³-hybridized carbons (Fsp3) is 0.471. The maximum Gasteiger partial charge on any atom is 0.135 e. The van der Waals surface area contributed by atoms with E-state index in [1.54, 1.807) is 6.08 Å². The number of allylic oxidation sites excluding steroid dienone is 1. The summed E-state index contributed by atoms with van der Waals surface area (Å²) in [5.41, 5.74) is 1.11. The molecule has 20 heavy (non-hydrogen) atoms. The van der Waals surface area contributed by atoms with Gasteiger partial charge < -0.3 is 9.84 Å². The first-order chi connectivity index (χ1) is 9.72. The lowest BCUT2D eigenvalue weighted by molar-refractivity contribution is -0.121. The third kappa shape index (κ3) is 7.87. The van der Waals surface area contributed by atoms with E-state index in [-0.39, 0.29) is 12.2 Å². The van der Waals surface area contributed by atoms with E-state index in [9.17, 15) is 9.90 Å². The lowest BCUT2D eigenvalue weighted by atomic mass is 10.1. The van der Waals surface area contributed by atoms with Crippen LogP contribution >= 0.6 is 0 Å². The summed E-state index contributed by atoms with van der Waals surface area (Å²) < 4.78 is 5.49. The Morgan fingerprint density at radius 3 is 2.80 bits per heavy atom. The highest BCUT2D eigenvalue weighted by atomic mass is 16.5. The number of ether oxygens (including phenoxy) is 1. The van der Waals surface area contributed by atoms with Crippen LogP contribution in [-0.2, 0) is 16.1 Å². The summed E-state index contributed by atoms with van der Waals surface area (Å²) in [6, 6.07) is 9.90. The molecule has 1 aromatic rings. The second-order valence-corrected chi connectivity index (χ2v) is 4.90. The third-order valence-electron chi connectivity index (χ3n) is 3.03. The van der Waals surface area contributed by atoms with Crippen LogP contribution in [0.3, 0.4) is 0 Å². The number of unbranched alkanes of at least 4 members (excludes halogenated alkanes) is 1. The van der Waals surface area contributed by atoms with Crippen molar-refractivity contribution >= 4 is 5.78 Å². The summed E-state index contributed by atoms with van der Waals surface area (Å²) in [5, 5.41) is 9.75. The molecule has 0 radical (unpaired) electrons. The van der Waals surface area contributed by atoms with Gasteiger partial charge in [-0.25, -0.2) is 0 Å². The zero-order valence-electron chi connectivity index (χ0n) is 12.0. The van der Waals surface area contributed by atoms with Crippen molar-refractivity contribution in [2.75, 3.05) is 6.61 Å². The Bertz CT molecular complexity index is 386. The molecule has 0 unspecified atom stereocenters. The van der Waals surface area contributed by atoms with Crippen LogP contribution in [-0.4, -0.2) is 23.6 Å². The quantitative estimate of drug-likeness (QED) is 0.498. The molecule has 0 bridgehead atoms. The summed E-state index contributed by atoms with van der Waals surface area (Å²) >= 11 is 0. The van der Waals surface area contributed by atoms with Gasteiger partial charge in [-0.1, -0.05) is 36.4 Å². The van der Waals surface area contributed by atoms with Crippen molar-refractivity contribution < 1.29 is 14.6 Å². The zero-order valence-corrected chi connectivity index (χ0v) is 12.0. The van der Waals surface area contributed by atoms with Gasteiger partial charge in [0, 0.05) is 19.4 Å². The van der Waals surface area contributed by atoms with E-state index in [2.05, 4.69) is 6.58 Å². The summed E-state index contributed by atoms with van der Waals surface area (Å²) in [7, 11) is 0. The van der Waals surface area contributed by atoms with E-state index >= 15 is 0 Å². The minimum atomic E-state index is -0.595. The molecule has 110 valence electrons. The SMILES string of the molecule is C=CCCCC(=O)C[C@@H](O)CCOCc1ccccc1. The van der Waals surface area contributed by atoms with Gasteiger partial charge in [-0.05, 0) is 24.8 Å². The summed E-state index contributed by atoms with van der Waals surface area (Å²) in [6.45, 7) is 4.63. The van der Waals surface area contributed by atoms with Crippen molar-refractivity contribution in [3.05, 3.63) is 48.6 Å². The molecule has 0 fully saturated rings. The van der Waals surface area contributed by atoms with E-state index in [0.717, 1.165) is 18.4 Å². The molecule has 1 rings (SSSR count). The molecule has 0 aliphatic heterocycles. The third-order valence-corrected chi connectivity index (χ3v) is 3.03. The van der Waals surface area contributed by atoms with Crippen LogP contribution in [0, 0.1) is 0 Å². The van der Waals surface area contributed by atoms with Crippen molar-refractivity contribution in [3.8, 4) is 0 Å². The fourth-order valence-corrected chi connectivity index (χ4v) is 1.89. The van der Waals surface area contributed by atoms with Gasteiger partial charge in [-0.2, -0.15) is 0 Å². The number of carbonyl (C=O) groups excluding carboxylic acids is 1. The summed E-state index contributed by atoms with van der Waals surface area (Å²) in [4.78, 5) is 11.5. The molecule has 0 saturated carbocycles. The standard InChI is InChI=1S/C17H24O3/c1-2-3-5-10-16(18)13-17(19)11-12-20-14-15-8-6-4-7-9-15/h2,4,6-9,17,19H,1,3,5,10-14H2/t17-/m0/s1. The average Bonchev–Trinajstić information content (AvgIpc) is 2.45. The van der Waals surface area contributed by atoms with Crippen LogP contribution in [0.5, 0.6) is 0 Å². The van der Waals surface area contributed by atoms with E-state index in [0.29, 0.717) is 26.1 Å². The van der Waals surface area contributed by atoms with Gasteiger partial charge >= 0.3 is 0 Å². The Morgan fingerprint density at radius 2 is 2.10 bits per heavy atom. The fourth-order valence-electron chi connectivity index (χ4n) is 1.89. The number of aliphatic hydroxyl groups excluding tert-OH is 1. The molecule has 0 heterocycles. The zero-order chi connectivity index (χ0) is 14.6. The van der Waals surface area contributed by atoms with E-state index in [1.807, 2.05) is 30.3 Å². The first kappa shape index (κ1) is 16.6. The molecule has 0 amide bonds. The van der Waals surface area contributed by atoms with Crippen LogP contribution in [0.2, 0.25) is 0 Å². The number of benzene rings is 1. The highest BCUT2D eigenvalue weighted by molar-refractivity contribution is 5.78. The number of carbonyl (C=O) groups is 1. The Balaban J connectivity index is 2.06. The smallest absolute Gasteiger partial charge is 0.135 e. The van der Waals surface area contributed by atoms with Crippen LogP contribution in [0.4, 0.5) is 0 Å². The predicted octanol–water partition coefficient (Wildman–Crippen LogP) is 3.27. The van der Waals surface area contributed by atoms with Gasteiger partial charge in [0.05, 0.1) is 12.7 Å². The molecule has 0 saturated heterocycles. The number of aliphatic hydroxyl groups is 1. The molecule has 1 aromatic carbocycles. The van der Waals surface area contributed by atoms with Crippen LogP contribution in [0.25, 0.3) is 0 Å². The molecule has 1 atom stereocenters. The van der Waals surface area contributed by atoms with Gasteiger partial charge in [0.25, 0.3) is 0 Å². The molecular formula is C17H24O3. The van der Waals surface area contributed by atoms with Gasteiger partial charge in [0.2, 0.25) is 0 Å². The minimum Gasteiger partial charge on any atom is -0.393 e. The van der Waals surface area contributed by atoms with E-state index in [1.165, 1.54) is 0 Å². The van der Waals surface area contributed by atoms with Crippen LogP contribution in [0.15, 0.2) is 43.0 Å². The Morgan fingerprint density at radius 1 is 1.35 bits per heavy atom. The Kier molecular flexibility index (Phi) is 8.59. The molecule has 0 aliphatic carbocycles. The van der Waals surface area contributed by atoms with Crippen LogP contribution < -0.4 is 0 Å². The number of Topliss-reactive ketones (excluding diaryl/α,β-unsaturated/α-hetero) is 1. The highest BCUT2D eigenvalue weighted by Gasteiger charge is 2.10. The lowest BCUT2D eigenvalue weighted by Gasteiger charge is -2.10. The summed E-state index contributed by atoms with van der Waals surface area (Å²) in [5.74, 6) is 0.113. The second-order valence-electron chi connectivity index (χ2n) is 4.90. The lowest BCUT2D eigenvalue weighted by Crippen LogP contribution is -2.15. The van der Waals surface area contributed by atoms with E-state index in [4.69, 9.17) is 4.74 Å². The van der Waals surface area contributed by atoms with Crippen LogP contribution in [0.1, 0.15) is 37.7 Å². The largest absolute Gasteiger partial charge is 0.393 e. The van der Waals surface area contributed by atoms with Crippen molar-refractivity contribution in [1.82, 2.24) is 0 Å². The number of hydrogen-bond acceptors (Lipinski definition) is 3. The van der Waals surface area contributed by atoms with Gasteiger partial charge in [-0.3, -0.25) is 4.79 Å². The monoisotopic (exact) mass is 276 g/mol. The van der Waals surface area contributed by atoms with E-state index < -0.39 is 6.10 Å². The van der Waals surface area contributed by atoms with Gasteiger partial charge in [0.1, 0.15) is 5.78 Å². The Hall–Kier alpha value is -1.45. The van der Waals surface area contributed by atoms with Gasteiger partial charge in [0.15, 0.2) is 0 Å². The molecule has 3 nitrogen and oxygen atoms in total. The first-order valence-corrected chi connectivity index (χ1v) is 7.14. The number of hydrogen-bond donors (Lipinski definition) is 1. The van der Waals surface area contributed by atoms with Gasteiger partial charge in [-0.15, -0.1) is 6.58 Å². The first-order valence-electron chi connectivity index (χ1n) is 7.14. The minimum absolute atomic E-state index is 0.113. The molecular weight excluding hydrogens is 252 g/mol. The predicted molar refractivity (Wildman–Crippen MR) is 80.4 cm³/mol. The average molecular weight is 276 g/mol. The normalized spacial score (nSPS) is 12.1. The number of ketones is 1. The topological polar surface area (TPSA) is 46.5 Å². The second kappa shape index (κ2) is 10.4. The summed E-state index contributed by atoms with van der Waals surface area (Å²) in [6.07, 6.45) is 4.13. The Labute approximate surface area is 121 Å². The van der Waals surface area contributed by atoms with Crippen molar-refractivity contribution in [2.45, 2.75) is 44.8 Å². The molecule has 0 aromatic heterocycles. The number of rotatable bonds is 11. The van der Waals surface area contributed by atoms with Crippen molar-refractivity contribution in [3.63, 3.8) is 0 Å². The van der Waals surface area contributed by atoms with Crippen molar-refractivity contribution in [1.29, 1.82) is 0 Å². The molecule has 0 aliphatic rings. The highest BCUT2D eigenvalue weighted by Crippen LogP contribution is 2.06. The molecule has 0 spiro atoms. The molecule has 1 N–H and O–H groups in total.